The van der Waals surface area contributed by atoms with Crippen molar-refractivity contribution in [2.24, 2.45) is 0 Å². The minimum atomic E-state index is -1.35. The highest BCUT2D eigenvalue weighted by Crippen LogP contribution is 2.46. The van der Waals surface area contributed by atoms with Crippen molar-refractivity contribution in [1.29, 1.82) is 0 Å². The van der Waals surface area contributed by atoms with Gasteiger partial charge >= 0.3 is 0 Å². The van der Waals surface area contributed by atoms with Crippen LogP contribution in [0.4, 0.5) is 0 Å². The molecule has 53 heavy (non-hydrogen) atoms. The third kappa shape index (κ3) is 8.25. The lowest BCUT2D eigenvalue weighted by Gasteiger charge is -2.57. The minimum Gasteiger partial charge on any atom is -0.390 e. The van der Waals surface area contributed by atoms with Gasteiger partial charge in [-0.3, -0.25) is 0 Å². The predicted octanol–water partition coefficient (Wildman–Crippen LogP) is 4.89. The Hall–Kier alpha value is -2.82. The second kappa shape index (κ2) is 16.1. The van der Waals surface area contributed by atoms with E-state index in [2.05, 4.69) is 0 Å². The summed E-state index contributed by atoms with van der Waals surface area (Å²) in [5.74, 6) is -3.61. The quantitative estimate of drug-likeness (QED) is 0.243. The van der Waals surface area contributed by atoms with Crippen molar-refractivity contribution >= 4 is 0 Å². The molecular weight excluding hydrogens is 684 g/mol. The summed E-state index contributed by atoms with van der Waals surface area (Å²) < 4.78 is 71.1. The molecule has 12 atom stereocenters. The molecule has 0 aliphatic carbocycles. The lowest BCUT2D eigenvalue weighted by molar-refractivity contribution is -0.483. The maximum atomic E-state index is 11.7. The molecule has 288 valence electrons. The fraction of sp³-hybridized carbons (Fsp3) is 0.561. The Balaban J connectivity index is 1.22. The van der Waals surface area contributed by atoms with E-state index in [4.69, 9.17) is 52.1 Å². The third-order valence-electron chi connectivity index (χ3n) is 10.6. The molecule has 0 bridgehead atoms. The first kappa shape index (κ1) is 38.5. The molecule has 12 nitrogen and oxygen atoms in total. The molecule has 4 heterocycles. The maximum absolute atomic E-state index is 11.7. The zero-order valence-corrected chi connectivity index (χ0v) is 31.2. The Kier molecular flexibility index (Phi) is 11.7. The van der Waals surface area contributed by atoms with E-state index in [9.17, 15) is 5.11 Å². The first-order valence-electron chi connectivity index (χ1n) is 18.3. The number of hydrogen-bond donors (Lipinski definition) is 1. The van der Waals surface area contributed by atoms with Crippen molar-refractivity contribution in [3.8, 4) is 0 Å². The summed E-state index contributed by atoms with van der Waals surface area (Å²) in [6.45, 7) is 7.88. The van der Waals surface area contributed by atoms with Gasteiger partial charge in [0.25, 0.3) is 0 Å². The summed E-state index contributed by atoms with van der Waals surface area (Å²) in [4.78, 5) is 0. The molecular formula is C41H52O12. The number of aliphatic hydroxyl groups excluding tert-OH is 1. The molecule has 4 aliphatic rings. The maximum Gasteiger partial charge on any atom is 0.220 e. The van der Waals surface area contributed by atoms with Crippen LogP contribution in [0.1, 0.15) is 44.4 Å². The molecule has 1 N–H and O–H groups in total. The van der Waals surface area contributed by atoms with E-state index >= 15 is 0 Å². The van der Waals surface area contributed by atoms with Crippen LogP contribution in [-0.2, 0) is 71.7 Å². The number of aliphatic hydroxyl groups is 1. The predicted molar refractivity (Wildman–Crippen MR) is 190 cm³/mol. The van der Waals surface area contributed by atoms with Gasteiger partial charge in [-0.2, -0.15) is 0 Å². The van der Waals surface area contributed by atoms with Gasteiger partial charge in [-0.15, -0.1) is 0 Å². The minimum absolute atomic E-state index is 0.133. The highest BCUT2D eigenvalue weighted by molar-refractivity contribution is 5.17. The van der Waals surface area contributed by atoms with E-state index < -0.39 is 78.8 Å². The van der Waals surface area contributed by atoms with E-state index in [-0.39, 0.29) is 13.2 Å². The summed E-state index contributed by atoms with van der Waals surface area (Å²) in [5, 5.41) is 11.7. The molecule has 0 saturated carbocycles. The van der Waals surface area contributed by atoms with Crippen LogP contribution in [0, 0.1) is 0 Å². The van der Waals surface area contributed by atoms with Gasteiger partial charge in [-0.25, -0.2) is 0 Å². The van der Waals surface area contributed by atoms with Crippen LogP contribution in [0.25, 0.3) is 0 Å². The van der Waals surface area contributed by atoms with E-state index in [1.54, 1.807) is 28.1 Å². The molecule has 12 heteroatoms. The fourth-order valence-corrected chi connectivity index (χ4v) is 7.50. The van der Waals surface area contributed by atoms with Gasteiger partial charge in [0.05, 0.1) is 25.9 Å². The SMILES string of the molecule is CO[C@@]1(C)O[C@@H]2[C@@H](OCc3ccccc3)[C@@H](O[C@H]3[C@H]4OC(C)(C)O[C@H]4O[C@@H]3C(O)Cc3ccccc3)O[C@H](COCc3ccccc3)[C@H]2O[C@]1(C)OC. The average Bonchev–Trinajstić information content (AvgIpc) is 3.64. The van der Waals surface area contributed by atoms with Crippen LogP contribution in [0.15, 0.2) is 91.0 Å². The van der Waals surface area contributed by atoms with E-state index in [0.29, 0.717) is 13.0 Å². The zero-order valence-electron chi connectivity index (χ0n) is 31.2. The van der Waals surface area contributed by atoms with Crippen LogP contribution in [0.5, 0.6) is 0 Å². The first-order valence-corrected chi connectivity index (χ1v) is 18.3. The molecule has 1 unspecified atom stereocenters. The third-order valence-corrected chi connectivity index (χ3v) is 10.6. The number of fused-ring (bicyclic) bond motifs is 2. The number of methoxy groups -OCH3 is 2. The van der Waals surface area contributed by atoms with E-state index in [1.807, 2.05) is 105 Å². The lowest BCUT2D eigenvalue weighted by Crippen LogP contribution is -2.73. The van der Waals surface area contributed by atoms with Crippen molar-refractivity contribution in [3.63, 3.8) is 0 Å². The molecule has 7 rings (SSSR count). The summed E-state index contributed by atoms with van der Waals surface area (Å²) >= 11 is 0. The molecule has 0 spiro atoms. The van der Waals surface area contributed by atoms with Crippen molar-refractivity contribution in [1.82, 2.24) is 0 Å². The number of ether oxygens (including phenoxy) is 11. The van der Waals surface area contributed by atoms with E-state index in [0.717, 1.165) is 16.7 Å². The molecule has 3 aromatic rings. The van der Waals surface area contributed by atoms with Gasteiger partial charge in [-0.05, 0) is 44.4 Å². The average molecular weight is 737 g/mol. The Bertz CT molecular complexity index is 1600. The molecule has 0 radical (unpaired) electrons. The van der Waals surface area contributed by atoms with Crippen molar-refractivity contribution in [2.75, 3.05) is 20.8 Å². The second-order valence-corrected chi connectivity index (χ2v) is 14.7. The molecule has 4 saturated heterocycles. The molecule has 4 aliphatic heterocycles. The van der Waals surface area contributed by atoms with Crippen molar-refractivity contribution in [2.45, 2.75) is 126 Å². The highest BCUT2D eigenvalue weighted by Gasteiger charge is 2.64. The van der Waals surface area contributed by atoms with Crippen LogP contribution < -0.4 is 0 Å². The van der Waals surface area contributed by atoms with Crippen LogP contribution in [-0.4, -0.2) is 105 Å². The topological polar surface area (TPSA) is 122 Å². The van der Waals surface area contributed by atoms with Crippen molar-refractivity contribution < 1.29 is 57.2 Å². The number of benzene rings is 3. The van der Waals surface area contributed by atoms with Crippen LogP contribution >= 0.6 is 0 Å². The Labute approximate surface area is 311 Å². The van der Waals surface area contributed by atoms with Crippen LogP contribution in [0.3, 0.4) is 0 Å². The second-order valence-electron chi connectivity index (χ2n) is 14.7. The Morgan fingerprint density at radius 2 is 1.21 bits per heavy atom. The summed E-state index contributed by atoms with van der Waals surface area (Å²) in [5.41, 5.74) is 2.90. The van der Waals surface area contributed by atoms with Crippen molar-refractivity contribution in [3.05, 3.63) is 108 Å². The molecule has 3 aromatic carbocycles. The van der Waals surface area contributed by atoms with Crippen LogP contribution in [0.2, 0.25) is 0 Å². The van der Waals surface area contributed by atoms with E-state index in [1.165, 1.54) is 0 Å². The normalized spacial score (nSPS) is 36.8. The monoisotopic (exact) mass is 736 g/mol. The molecule has 0 aromatic heterocycles. The lowest BCUT2D eigenvalue weighted by atomic mass is 9.93. The fourth-order valence-electron chi connectivity index (χ4n) is 7.50. The zero-order chi connectivity index (χ0) is 37.2. The standard InChI is InChI=1S/C41H52O12/c1-39(2)50-36-33(31(48-38(36)53-39)29(42)22-26-16-10-7-11-17-26)49-37-35(46-24-28-20-14-9-15-21-28)34-32(51-40(3,43-5)41(4,44-6)52-34)30(47-37)25-45-23-27-18-12-8-13-19-27/h7-21,29-38,42H,22-25H2,1-6H3/t29?,30-,31-,32-,33-,34+,35-,36-,37-,38-,40+,41+/m1/s1. The number of hydrogen-bond acceptors (Lipinski definition) is 12. The molecule has 4 fully saturated rings. The Morgan fingerprint density at radius 3 is 1.81 bits per heavy atom. The summed E-state index contributed by atoms with van der Waals surface area (Å²) in [7, 11) is 3.09. The van der Waals surface area contributed by atoms with Gasteiger partial charge in [0, 0.05) is 20.6 Å². The largest absolute Gasteiger partial charge is 0.390 e. The summed E-state index contributed by atoms with van der Waals surface area (Å²) in [6, 6.07) is 29.4. The van der Waals surface area contributed by atoms with Gasteiger partial charge in [0.15, 0.2) is 18.4 Å². The number of rotatable bonds is 14. The van der Waals surface area contributed by atoms with Gasteiger partial charge < -0.3 is 57.2 Å². The molecule has 0 amide bonds. The first-order chi connectivity index (χ1) is 25.5. The van der Waals surface area contributed by atoms with Gasteiger partial charge in [0.1, 0.15) is 42.7 Å². The van der Waals surface area contributed by atoms with Gasteiger partial charge in [0.2, 0.25) is 11.6 Å². The smallest absolute Gasteiger partial charge is 0.220 e. The Morgan fingerprint density at radius 1 is 0.642 bits per heavy atom. The van der Waals surface area contributed by atoms with Gasteiger partial charge in [-0.1, -0.05) is 91.0 Å². The summed E-state index contributed by atoms with van der Waals surface area (Å²) in [6.07, 6.45) is -7.85. The highest BCUT2D eigenvalue weighted by atomic mass is 16.9.